The number of anilines is 1. The lowest BCUT2D eigenvalue weighted by atomic mass is 10.1. The van der Waals surface area contributed by atoms with E-state index in [0.29, 0.717) is 6.54 Å². The monoisotopic (exact) mass is 385 g/mol. The van der Waals surface area contributed by atoms with Gasteiger partial charge in [0.1, 0.15) is 0 Å². The van der Waals surface area contributed by atoms with Gasteiger partial charge in [0.15, 0.2) is 11.5 Å². The maximum atomic E-state index is 12.3. The summed E-state index contributed by atoms with van der Waals surface area (Å²) in [4.78, 5) is 12.3. The van der Waals surface area contributed by atoms with Gasteiger partial charge < -0.3 is 11.1 Å². The normalized spacial score (nSPS) is 10.5. The molecule has 0 aliphatic heterocycles. The number of hydrogen-bond acceptors (Lipinski definition) is 4. The van der Waals surface area contributed by atoms with Gasteiger partial charge >= 0.3 is 0 Å². The number of rotatable bonds is 5. The van der Waals surface area contributed by atoms with Crippen LogP contribution in [0.4, 0.5) is 5.82 Å². The van der Waals surface area contributed by atoms with Crippen molar-refractivity contribution in [2.75, 3.05) is 12.3 Å². The van der Waals surface area contributed by atoms with Gasteiger partial charge in [-0.2, -0.15) is 4.68 Å². The van der Waals surface area contributed by atoms with Gasteiger partial charge in [-0.15, -0.1) is 5.10 Å². The highest BCUT2D eigenvalue weighted by atomic mass is 79.9. The van der Waals surface area contributed by atoms with Gasteiger partial charge in [0.05, 0.1) is 5.69 Å². The predicted octanol–water partition coefficient (Wildman–Crippen LogP) is 2.58. The number of aromatic nitrogens is 3. The van der Waals surface area contributed by atoms with Crippen LogP contribution >= 0.6 is 15.9 Å². The molecule has 122 valence electrons. The first-order valence-electron chi connectivity index (χ1n) is 7.44. The molecule has 6 nitrogen and oxygen atoms in total. The second kappa shape index (κ2) is 7.27. The van der Waals surface area contributed by atoms with Crippen molar-refractivity contribution in [1.29, 1.82) is 0 Å². The molecular weight excluding hydrogens is 370 g/mol. The Hall–Kier alpha value is -2.67. The van der Waals surface area contributed by atoms with Crippen LogP contribution in [-0.4, -0.2) is 27.4 Å². The minimum absolute atomic E-state index is 0.128. The van der Waals surface area contributed by atoms with Gasteiger partial charge in [-0.1, -0.05) is 57.5 Å². The molecule has 0 saturated heterocycles. The Labute approximate surface area is 147 Å². The van der Waals surface area contributed by atoms with Gasteiger partial charge in [-0.3, -0.25) is 4.79 Å². The Balaban J connectivity index is 1.68. The molecule has 0 fully saturated rings. The van der Waals surface area contributed by atoms with E-state index in [2.05, 4.69) is 31.6 Å². The number of amides is 1. The van der Waals surface area contributed by atoms with Gasteiger partial charge in [-0.25, -0.2) is 0 Å². The Kier molecular flexibility index (Phi) is 4.90. The molecule has 0 saturated carbocycles. The molecule has 0 spiro atoms. The van der Waals surface area contributed by atoms with Crippen molar-refractivity contribution in [3.8, 4) is 5.69 Å². The van der Waals surface area contributed by atoms with E-state index in [0.717, 1.165) is 22.1 Å². The van der Waals surface area contributed by atoms with E-state index in [1.807, 2.05) is 54.6 Å². The van der Waals surface area contributed by atoms with Crippen LogP contribution in [0.1, 0.15) is 16.1 Å². The predicted molar refractivity (Wildman–Crippen MR) is 96.0 cm³/mol. The zero-order chi connectivity index (χ0) is 16.9. The number of nitrogens with two attached hydrogens (primary N) is 1. The first-order chi connectivity index (χ1) is 11.6. The topological polar surface area (TPSA) is 85.8 Å². The van der Waals surface area contributed by atoms with Crippen LogP contribution < -0.4 is 11.1 Å². The summed E-state index contributed by atoms with van der Waals surface area (Å²) in [6, 6.07) is 17.4. The number of carbonyl (C=O) groups excluding carboxylic acids is 1. The molecule has 0 atom stereocenters. The number of benzene rings is 2. The third-order valence-electron chi connectivity index (χ3n) is 3.51. The highest BCUT2D eigenvalue weighted by molar-refractivity contribution is 9.10. The fourth-order valence-corrected chi connectivity index (χ4v) is 2.69. The number of nitrogens with zero attached hydrogens (tertiary/aromatic N) is 3. The molecule has 0 bridgehead atoms. The molecule has 3 N–H and O–H groups in total. The van der Waals surface area contributed by atoms with Gasteiger partial charge in [0, 0.05) is 11.0 Å². The van der Waals surface area contributed by atoms with Crippen molar-refractivity contribution in [3.63, 3.8) is 0 Å². The minimum Gasteiger partial charge on any atom is -0.382 e. The summed E-state index contributed by atoms with van der Waals surface area (Å²) in [5, 5.41) is 10.7. The lowest BCUT2D eigenvalue weighted by Gasteiger charge is -2.05. The van der Waals surface area contributed by atoms with Crippen LogP contribution in [0, 0.1) is 0 Å². The van der Waals surface area contributed by atoms with Crippen LogP contribution in [0.2, 0.25) is 0 Å². The summed E-state index contributed by atoms with van der Waals surface area (Å²) in [6.45, 7) is 0.506. The average molecular weight is 386 g/mol. The number of nitrogen functional groups attached to an aromatic ring is 1. The standard InChI is InChI=1S/C17H16BrN5O/c18-13-7-4-8-14(11-13)23-16(19)15(21-22-23)17(24)20-10-9-12-5-2-1-3-6-12/h1-8,11H,9-10,19H2,(H,20,24). The van der Waals surface area contributed by atoms with E-state index in [1.54, 1.807) is 0 Å². The van der Waals surface area contributed by atoms with E-state index in [-0.39, 0.29) is 17.4 Å². The van der Waals surface area contributed by atoms with E-state index >= 15 is 0 Å². The number of halogens is 1. The van der Waals surface area contributed by atoms with Crippen LogP contribution in [0.25, 0.3) is 5.69 Å². The van der Waals surface area contributed by atoms with E-state index in [9.17, 15) is 4.79 Å². The van der Waals surface area contributed by atoms with Crippen LogP contribution in [0.5, 0.6) is 0 Å². The smallest absolute Gasteiger partial charge is 0.275 e. The number of carbonyl (C=O) groups is 1. The molecular formula is C17H16BrN5O. The first-order valence-corrected chi connectivity index (χ1v) is 8.23. The Morgan fingerprint density at radius 1 is 1.17 bits per heavy atom. The third-order valence-corrected chi connectivity index (χ3v) is 4.01. The zero-order valence-corrected chi connectivity index (χ0v) is 14.4. The van der Waals surface area contributed by atoms with Crippen molar-refractivity contribution in [2.45, 2.75) is 6.42 Å². The molecule has 0 radical (unpaired) electrons. The summed E-state index contributed by atoms with van der Waals surface area (Å²) < 4.78 is 2.33. The SMILES string of the molecule is Nc1c(C(=O)NCCc2ccccc2)nnn1-c1cccc(Br)c1. The van der Waals surface area contributed by atoms with Crippen molar-refractivity contribution in [3.05, 3.63) is 70.3 Å². The van der Waals surface area contributed by atoms with E-state index < -0.39 is 0 Å². The Morgan fingerprint density at radius 3 is 2.71 bits per heavy atom. The molecule has 0 unspecified atom stereocenters. The van der Waals surface area contributed by atoms with Crippen molar-refractivity contribution < 1.29 is 4.79 Å². The van der Waals surface area contributed by atoms with Gasteiger partial charge in [-0.05, 0) is 30.2 Å². The summed E-state index contributed by atoms with van der Waals surface area (Å²) in [6.07, 6.45) is 0.742. The van der Waals surface area contributed by atoms with Crippen molar-refractivity contribution >= 4 is 27.7 Å². The Morgan fingerprint density at radius 2 is 1.96 bits per heavy atom. The molecule has 1 heterocycles. The molecule has 2 aromatic carbocycles. The maximum absolute atomic E-state index is 12.3. The largest absolute Gasteiger partial charge is 0.382 e. The molecule has 3 aromatic rings. The van der Waals surface area contributed by atoms with Crippen LogP contribution in [-0.2, 0) is 6.42 Å². The molecule has 7 heteroatoms. The number of hydrogen-bond donors (Lipinski definition) is 2. The highest BCUT2D eigenvalue weighted by Crippen LogP contribution is 2.18. The van der Waals surface area contributed by atoms with Crippen LogP contribution in [0.15, 0.2) is 59.1 Å². The summed E-state index contributed by atoms with van der Waals surface area (Å²) in [5.41, 5.74) is 8.05. The first kappa shape index (κ1) is 16.2. The summed E-state index contributed by atoms with van der Waals surface area (Å²) >= 11 is 3.39. The molecule has 0 aliphatic rings. The molecule has 3 rings (SSSR count). The lowest BCUT2D eigenvalue weighted by molar-refractivity contribution is 0.0950. The van der Waals surface area contributed by atoms with Crippen molar-refractivity contribution in [1.82, 2.24) is 20.3 Å². The van der Waals surface area contributed by atoms with E-state index in [1.165, 1.54) is 4.68 Å². The van der Waals surface area contributed by atoms with Crippen LogP contribution in [0.3, 0.4) is 0 Å². The molecule has 1 aromatic heterocycles. The second-order valence-electron chi connectivity index (χ2n) is 5.21. The minimum atomic E-state index is -0.329. The second-order valence-corrected chi connectivity index (χ2v) is 6.12. The third kappa shape index (κ3) is 3.62. The molecule has 0 aliphatic carbocycles. The Bertz CT molecular complexity index is 847. The fraction of sp³-hybridized carbons (Fsp3) is 0.118. The summed E-state index contributed by atoms with van der Waals surface area (Å²) in [5.74, 6) is -0.116. The van der Waals surface area contributed by atoms with Gasteiger partial charge in [0.2, 0.25) is 0 Å². The number of nitrogens with one attached hydrogen (secondary N) is 1. The lowest BCUT2D eigenvalue weighted by Crippen LogP contribution is -2.27. The maximum Gasteiger partial charge on any atom is 0.275 e. The van der Waals surface area contributed by atoms with Gasteiger partial charge in [0.25, 0.3) is 5.91 Å². The molecule has 1 amide bonds. The fourth-order valence-electron chi connectivity index (χ4n) is 2.30. The highest BCUT2D eigenvalue weighted by Gasteiger charge is 2.18. The van der Waals surface area contributed by atoms with Crippen molar-refractivity contribution in [2.24, 2.45) is 0 Å². The quantitative estimate of drug-likeness (QED) is 0.706. The van der Waals surface area contributed by atoms with E-state index in [4.69, 9.17) is 5.73 Å². The average Bonchev–Trinajstić information content (AvgIpc) is 2.97. The zero-order valence-electron chi connectivity index (χ0n) is 12.8. The summed E-state index contributed by atoms with van der Waals surface area (Å²) in [7, 11) is 0. The molecule has 24 heavy (non-hydrogen) atoms.